The Morgan fingerprint density at radius 1 is 0.333 bits per heavy atom. The number of nitrogens with one attached hydrogen (secondary N) is 2. The molecule has 0 saturated heterocycles. The summed E-state index contributed by atoms with van der Waals surface area (Å²) in [4.78, 5) is 11.7. The summed E-state index contributed by atoms with van der Waals surface area (Å²) in [6.45, 7) is 72.8. The first kappa shape index (κ1) is 87.2. The summed E-state index contributed by atoms with van der Waals surface area (Å²) in [6.07, 6.45) is 7.33. The molecule has 4 heterocycles. The lowest BCUT2D eigenvalue weighted by Gasteiger charge is -2.18. The van der Waals surface area contributed by atoms with Crippen molar-refractivity contribution in [2.75, 3.05) is 0 Å². The summed E-state index contributed by atoms with van der Waals surface area (Å²) < 4.78 is 0. The molecule has 5 nitrogen and oxygen atoms in total. The minimum absolute atomic E-state index is 0.182. The maximum Gasteiger partial charge on any atom is 0.0490 e. The number of hydrogen-bond acceptors (Lipinski definition) is 3. The molecule has 2 N–H and O–H groups in total. The molecule has 5 heteroatoms. The van der Waals surface area contributed by atoms with Crippen LogP contribution in [-0.2, 0) is 27.1 Å². The smallest absolute Gasteiger partial charge is 0.0490 e. The quantitative estimate of drug-likeness (QED) is 0.159. The van der Waals surface area contributed by atoms with E-state index in [1.165, 1.54) is 33.4 Å². The normalized spacial score (nSPS) is 9.32. The van der Waals surface area contributed by atoms with E-state index >= 15 is 0 Å². The number of aromatic amines is 2. The first-order chi connectivity index (χ1) is 34.0. The lowest BCUT2D eigenvalue weighted by Crippen LogP contribution is -2.12. The molecule has 2 aromatic carbocycles. The van der Waals surface area contributed by atoms with Crippen LogP contribution in [0, 0.1) is 0 Å². The van der Waals surface area contributed by atoms with Crippen molar-refractivity contribution in [1.82, 2.24) is 25.1 Å². The van der Waals surface area contributed by atoms with Crippen LogP contribution in [0.5, 0.6) is 0 Å². The molecule has 0 spiro atoms. The van der Waals surface area contributed by atoms with Gasteiger partial charge in [-0.15, -0.1) is 0 Å². The molecular formula is C67H127N5. The summed E-state index contributed by atoms with van der Waals surface area (Å²) in [7, 11) is 0. The molecule has 0 aliphatic heterocycles. The van der Waals surface area contributed by atoms with Crippen molar-refractivity contribution in [3.05, 3.63) is 150 Å². The molecule has 0 fully saturated rings. The van der Waals surface area contributed by atoms with E-state index in [9.17, 15) is 0 Å². The second kappa shape index (κ2) is 55.8. The van der Waals surface area contributed by atoms with Crippen LogP contribution in [0.2, 0.25) is 0 Å². The van der Waals surface area contributed by atoms with E-state index in [1.807, 2.05) is 175 Å². The topological polar surface area (TPSA) is 70.2 Å². The van der Waals surface area contributed by atoms with Crippen molar-refractivity contribution in [2.24, 2.45) is 0 Å². The molecule has 0 bridgehead atoms. The Morgan fingerprint density at radius 2 is 0.736 bits per heavy atom. The Hall–Kier alpha value is -4.51. The second-order valence-electron chi connectivity index (χ2n) is 18.3. The van der Waals surface area contributed by atoms with Gasteiger partial charge in [0.25, 0.3) is 0 Å². The minimum atomic E-state index is 0.182. The third-order valence-corrected chi connectivity index (χ3v) is 8.25. The van der Waals surface area contributed by atoms with Crippen LogP contribution < -0.4 is 0 Å². The van der Waals surface area contributed by atoms with Gasteiger partial charge in [0, 0.05) is 63.6 Å². The van der Waals surface area contributed by atoms with Gasteiger partial charge in [-0.05, 0) is 63.7 Å². The fraction of sp³-hybridized carbons (Fsp3) is 0.597. The Labute approximate surface area is 453 Å². The number of pyridine rings is 2. The maximum atomic E-state index is 4.25. The standard InChI is InChI=1S/C12H15N.C10H14.2C9H13N.C7H12N2.10C2H6/c1-12(2,3)11-8-9-6-4-5-7-10(9)13-11;1-10(2,3)9-7-5-4-6-8-9;1-9(2,3)8-5-4-6-10-7-8;1-9(2,3)8-6-4-5-7-10-8;1-7(2,3)6-4-5-8-9-6;10*1-2/h4-8,13H,1-3H3;4-8H,1-3H3;2*4-7H,1-3H3;4-5H,1-3H3,(H,8,9);10*1-2H3. The number of aromatic nitrogens is 5. The van der Waals surface area contributed by atoms with E-state index in [0.717, 1.165) is 5.69 Å². The van der Waals surface area contributed by atoms with Gasteiger partial charge >= 0.3 is 0 Å². The molecule has 6 aromatic rings. The highest BCUT2D eigenvalue weighted by Crippen LogP contribution is 2.26. The van der Waals surface area contributed by atoms with Gasteiger partial charge in [-0.2, -0.15) is 5.10 Å². The number of para-hydroxylation sites is 1. The molecule has 0 aliphatic rings. The van der Waals surface area contributed by atoms with Crippen molar-refractivity contribution in [3.8, 4) is 0 Å². The van der Waals surface area contributed by atoms with Crippen LogP contribution >= 0.6 is 0 Å². The van der Waals surface area contributed by atoms with Crippen LogP contribution in [0.4, 0.5) is 0 Å². The lowest BCUT2D eigenvalue weighted by molar-refractivity contribution is 0.567. The van der Waals surface area contributed by atoms with Gasteiger partial charge < -0.3 is 4.98 Å². The van der Waals surface area contributed by atoms with E-state index in [4.69, 9.17) is 0 Å². The predicted octanol–water partition coefficient (Wildman–Crippen LogP) is 23.2. The van der Waals surface area contributed by atoms with Crippen LogP contribution in [-0.4, -0.2) is 25.1 Å². The largest absolute Gasteiger partial charge is 0.358 e. The summed E-state index contributed by atoms with van der Waals surface area (Å²) in [6, 6.07) is 33.3. The van der Waals surface area contributed by atoms with Gasteiger partial charge in [-0.25, -0.2) is 0 Å². The summed E-state index contributed by atoms with van der Waals surface area (Å²) in [5.74, 6) is 0. The molecule has 4 aromatic heterocycles. The zero-order valence-corrected chi connectivity index (χ0v) is 54.9. The van der Waals surface area contributed by atoms with Gasteiger partial charge in [-0.1, -0.05) is 303 Å². The Kier molecular flexibility index (Phi) is 67.6. The molecule has 420 valence electrons. The van der Waals surface area contributed by atoms with Crippen LogP contribution in [0.25, 0.3) is 10.9 Å². The molecule has 72 heavy (non-hydrogen) atoms. The summed E-state index contributed by atoms with van der Waals surface area (Å²) >= 11 is 0. The van der Waals surface area contributed by atoms with Crippen LogP contribution in [0.15, 0.2) is 122 Å². The van der Waals surface area contributed by atoms with E-state index in [1.54, 1.807) is 12.4 Å². The van der Waals surface area contributed by atoms with Gasteiger partial charge in [0.2, 0.25) is 0 Å². The monoisotopic (exact) mass is 1000 g/mol. The fourth-order valence-corrected chi connectivity index (χ4v) is 4.70. The van der Waals surface area contributed by atoms with Crippen molar-refractivity contribution in [3.63, 3.8) is 0 Å². The van der Waals surface area contributed by atoms with Gasteiger partial charge in [0.15, 0.2) is 0 Å². The lowest BCUT2D eigenvalue weighted by atomic mass is 9.87. The van der Waals surface area contributed by atoms with E-state index in [-0.39, 0.29) is 21.7 Å². The number of H-pyrrole nitrogens is 2. The second-order valence-corrected chi connectivity index (χ2v) is 18.3. The average molecular weight is 1000 g/mol. The van der Waals surface area contributed by atoms with Crippen LogP contribution in [0.3, 0.4) is 0 Å². The Balaban J connectivity index is -0.0000000906. The predicted molar refractivity (Wildman–Crippen MR) is 339 cm³/mol. The van der Waals surface area contributed by atoms with Crippen molar-refractivity contribution in [1.29, 1.82) is 0 Å². The highest BCUT2D eigenvalue weighted by Gasteiger charge is 2.16. The van der Waals surface area contributed by atoms with Crippen molar-refractivity contribution >= 4 is 10.9 Å². The number of benzene rings is 2. The highest BCUT2D eigenvalue weighted by atomic mass is 15.1. The van der Waals surface area contributed by atoms with Gasteiger partial charge in [0.05, 0.1) is 0 Å². The van der Waals surface area contributed by atoms with E-state index < -0.39 is 0 Å². The minimum Gasteiger partial charge on any atom is -0.358 e. The molecule has 0 atom stereocenters. The fourth-order valence-electron chi connectivity index (χ4n) is 4.70. The van der Waals surface area contributed by atoms with E-state index in [0.29, 0.717) is 5.41 Å². The maximum absolute atomic E-state index is 4.25. The molecule has 0 aliphatic carbocycles. The van der Waals surface area contributed by atoms with Crippen molar-refractivity contribution < 1.29 is 0 Å². The molecule has 0 amide bonds. The molecule has 0 radical (unpaired) electrons. The zero-order valence-electron chi connectivity index (χ0n) is 54.9. The molecule has 0 unspecified atom stereocenters. The molecule has 0 saturated carbocycles. The molecular weight excluding hydrogens is 875 g/mol. The highest BCUT2D eigenvalue weighted by molar-refractivity contribution is 5.80. The van der Waals surface area contributed by atoms with Crippen molar-refractivity contribution in [2.45, 2.75) is 269 Å². The number of fused-ring (bicyclic) bond motifs is 1. The summed E-state index contributed by atoms with van der Waals surface area (Å²) in [5, 5.41) is 8.09. The number of hydrogen-bond donors (Lipinski definition) is 2. The Morgan fingerprint density at radius 3 is 1.00 bits per heavy atom. The van der Waals surface area contributed by atoms with E-state index in [2.05, 4.69) is 202 Å². The summed E-state index contributed by atoms with van der Waals surface area (Å²) in [5.41, 5.74) is 8.66. The number of rotatable bonds is 0. The molecule has 6 rings (SSSR count). The number of nitrogens with zero attached hydrogens (tertiary/aromatic N) is 3. The van der Waals surface area contributed by atoms with Crippen LogP contribution in [0.1, 0.15) is 271 Å². The zero-order chi connectivity index (χ0) is 59.2. The first-order valence-electron chi connectivity index (χ1n) is 28.5. The Bertz CT molecular complexity index is 1650. The first-order valence-corrected chi connectivity index (χ1v) is 28.5. The van der Waals surface area contributed by atoms with Gasteiger partial charge in [-0.3, -0.25) is 15.1 Å². The third kappa shape index (κ3) is 47.8. The SMILES string of the molecule is CC.CC.CC.CC.CC.CC.CC.CC.CC.CC.CC(C)(C)c1cc2ccccc2[nH]1.CC(C)(C)c1ccccc1.CC(C)(C)c1ccccn1.CC(C)(C)c1cccnc1.CC(C)(C)c1ccn[nH]1. The third-order valence-electron chi connectivity index (χ3n) is 8.25. The van der Waals surface area contributed by atoms with Gasteiger partial charge in [0.1, 0.15) is 0 Å². The average Bonchev–Trinajstić information content (AvgIpc) is 4.14.